The zero-order valence-electron chi connectivity index (χ0n) is 20.4. The Kier molecular flexibility index (Phi) is 9.76. The highest BCUT2D eigenvalue weighted by Gasteiger charge is 2.32. The molecule has 2 amide bonds. The molecular formula is C24H32N4O6S. The lowest BCUT2D eigenvalue weighted by atomic mass is 10.1. The molecule has 0 heterocycles. The average Bonchev–Trinajstić information content (AvgIpc) is 2.80. The number of aryl methyl sites for hydroxylation is 1. The second-order valence-corrected chi connectivity index (χ2v) is 10.2. The van der Waals surface area contributed by atoms with Crippen LogP contribution in [0, 0.1) is 17.0 Å². The van der Waals surface area contributed by atoms with Crippen molar-refractivity contribution in [3.63, 3.8) is 0 Å². The van der Waals surface area contributed by atoms with Crippen molar-refractivity contribution in [2.75, 3.05) is 23.7 Å². The Bertz CT molecular complexity index is 1170. The lowest BCUT2D eigenvalue weighted by Crippen LogP contribution is -2.52. The van der Waals surface area contributed by atoms with E-state index in [0.29, 0.717) is 13.0 Å². The van der Waals surface area contributed by atoms with E-state index in [0.717, 1.165) is 34.2 Å². The van der Waals surface area contributed by atoms with Crippen LogP contribution in [0.25, 0.3) is 0 Å². The fourth-order valence-corrected chi connectivity index (χ4v) is 4.51. The van der Waals surface area contributed by atoms with Gasteiger partial charge in [-0.3, -0.25) is 24.0 Å². The van der Waals surface area contributed by atoms with Gasteiger partial charge in [-0.1, -0.05) is 49.7 Å². The second kappa shape index (κ2) is 12.3. The average molecular weight is 505 g/mol. The summed E-state index contributed by atoms with van der Waals surface area (Å²) in [6.45, 7) is 5.55. The first-order chi connectivity index (χ1) is 16.5. The topological polar surface area (TPSA) is 130 Å². The first kappa shape index (κ1) is 27.8. The standard InChI is InChI=1S/C24H32N4O6S/c1-5-13-25-24(30)22(6-2)26(16-19-10-7-9-18(3)14-19)23(29)17-27(35(4,33)34)20-11-8-12-21(15-20)28(31)32/h7-12,14-15,22H,5-6,13,16-17H2,1-4H3,(H,25,30). The van der Waals surface area contributed by atoms with E-state index in [-0.39, 0.29) is 23.8 Å². The van der Waals surface area contributed by atoms with Crippen LogP contribution in [0.15, 0.2) is 48.5 Å². The quantitative estimate of drug-likeness (QED) is 0.349. The molecule has 2 aromatic rings. The maximum atomic E-state index is 13.6. The SMILES string of the molecule is CCCNC(=O)C(CC)N(Cc1cccc(C)c1)C(=O)CN(c1cccc([N+](=O)[O-])c1)S(C)(=O)=O. The Hall–Kier alpha value is -3.47. The summed E-state index contributed by atoms with van der Waals surface area (Å²) >= 11 is 0. The maximum Gasteiger partial charge on any atom is 0.271 e. The van der Waals surface area contributed by atoms with E-state index in [2.05, 4.69) is 5.32 Å². The molecule has 2 rings (SSSR count). The van der Waals surface area contributed by atoms with Crippen molar-refractivity contribution < 1.29 is 22.9 Å². The molecule has 1 atom stereocenters. The van der Waals surface area contributed by atoms with Gasteiger partial charge in [0.15, 0.2) is 0 Å². The Balaban J connectivity index is 2.46. The predicted molar refractivity (Wildman–Crippen MR) is 134 cm³/mol. The van der Waals surface area contributed by atoms with Gasteiger partial charge in [-0.05, 0) is 31.4 Å². The van der Waals surface area contributed by atoms with E-state index < -0.39 is 33.4 Å². The molecule has 0 radical (unpaired) electrons. The van der Waals surface area contributed by atoms with Gasteiger partial charge in [0.25, 0.3) is 5.69 Å². The third-order valence-electron chi connectivity index (χ3n) is 5.38. The largest absolute Gasteiger partial charge is 0.354 e. The summed E-state index contributed by atoms with van der Waals surface area (Å²) < 4.78 is 26.0. The van der Waals surface area contributed by atoms with Crippen LogP contribution in [0.1, 0.15) is 37.8 Å². The van der Waals surface area contributed by atoms with Crippen molar-refractivity contribution in [2.45, 2.75) is 46.2 Å². The summed E-state index contributed by atoms with van der Waals surface area (Å²) in [5, 5.41) is 14.0. The minimum absolute atomic E-state index is 0.00552. The molecule has 0 fully saturated rings. The number of rotatable bonds is 12. The Morgan fingerprint density at radius 1 is 1.11 bits per heavy atom. The number of nitro benzene ring substituents is 1. The monoisotopic (exact) mass is 504 g/mol. The van der Waals surface area contributed by atoms with Crippen LogP contribution in [-0.2, 0) is 26.2 Å². The molecular weight excluding hydrogens is 472 g/mol. The molecule has 0 aliphatic carbocycles. The van der Waals surface area contributed by atoms with Gasteiger partial charge < -0.3 is 10.2 Å². The van der Waals surface area contributed by atoms with Crippen LogP contribution in [0.2, 0.25) is 0 Å². The molecule has 1 unspecified atom stereocenters. The second-order valence-electron chi connectivity index (χ2n) is 8.27. The first-order valence-corrected chi connectivity index (χ1v) is 13.2. The highest BCUT2D eigenvalue weighted by molar-refractivity contribution is 7.92. The number of amides is 2. The van der Waals surface area contributed by atoms with Crippen LogP contribution >= 0.6 is 0 Å². The van der Waals surface area contributed by atoms with Gasteiger partial charge in [0.05, 0.1) is 16.9 Å². The first-order valence-electron chi connectivity index (χ1n) is 11.3. The minimum Gasteiger partial charge on any atom is -0.354 e. The van der Waals surface area contributed by atoms with Crippen molar-refractivity contribution in [1.29, 1.82) is 0 Å². The van der Waals surface area contributed by atoms with E-state index >= 15 is 0 Å². The summed E-state index contributed by atoms with van der Waals surface area (Å²) in [6.07, 6.45) is 1.97. The van der Waals surface area contributed by atoms with E-state index in [1.54, 1.807) is 6.92 Å². The number of benzene rings is 2. The Morgan fingerprint density at radius 3 is 2.37 bits per heavy atom. The summed E-state index contributed by atoms with van der Waals surface area (Å²) in [4.78, 5) is 38.4. The highest BCUT2D eigenvalue weighted by Crippen LogP contribution is 2.24. The lowest BCUT2D eigenvalue weighted by Gasteiger charge is -2.33. The van der Waals surface area contributed by atoms with Gasteiger partial charge in [-0.15, -0.1) is 0 Å². The smallest absolute Gasteiger partial charge is 0.271 e. The highest BCUT2D eigenvalue weighted by atomic mass is 32.2. The number of nitrogens with one attached hydrogen (secondary N) is 1. The number of nitrogens with zero attached hydrogens (tertiary/aromatic N) is 3. The third kappa shape index (κ3) is 7.78. The van der Waals surface area contributed by atoms with Gasteiger partial charge in [0.1, 0.15) is 12.6 Å². The number of carbonyl (C=O) groups is 2. The Labute approximate surface area is 206 Å². The van der Waals surface area contributed by atoms with Gasteiger partial charge >= 0.3 is 0 Å². The number of anilines is 1. The van der Waals surface area contributed by atoms with Crippen LogP contribution in [0.4, 0.5) is 11.4 Å². The number of nitro groups is 1. The van der Waals surface area contributed by atoms with Crippen molar-refractivity contribution in [2.24, 2.45) is 0 Å². The molecule has 0 bridgehead atoms. The molecule has 1 N–H and O–H groups in total. The fraction of sp³-hybridized carbons (Fsp3) is 0.417. The van der Waals surface area contributed by atoms with Crippen LogP contribution in [0.3, 0.4) is 0 Å². The number of sulfonamides is 1. The molecule has 0 aliphatic rings. The fourth-order valence-electron chi connectivity index (χ4n) is 3.67. The molecule has 190 valence electrons. The van der Waals surface area contributed by atoms with Crippen molar-refractivity contribution >= 4 is 33.2 Å². The van der Waals surface area contributed by atoms with Crippen molar-refractivity contribution in [3.05, 3.63) is 69.8 Å². The van der Waals surface area contributed by atoms with Crippen LogP contribution in [0.5, 0.6) is 0 Å². The number of hydrogen-bond acceptors (Lipinski definition) is 6. The van der Waals surface area contributed by atoms with Crippen molar-refractivity contribution in [3.8, 4) is 0 Å². The number of carbonyl (C=O) groups excluding carboxylic acids is 2. The lowest BCUT2D eigenvalue weighted by molar-refractivity contribution is -0.384. The van der Waals surface area contributed by atoms with Gasteiger partial charge in [-0.2, -0.15) is 0 Å². The summed E-state index contributed by atoms with van der Waals surface area (Å²) in [6, 6.07) is 11.7. The summed E-state index contributed by atoms with van der Waals surface area (Å²) in [5.41, 5.74) is 1.47. The van der Waals surface area contributed by atoms with Gasteiger partial charge in [0, 0.05) is 25.2 Å². The van der Waals surface area contributed by atoms with Crippen LogP contribution in [-0.4, -0.2) is 55.4 Å². The normalized spacial score (nSPS) is 12.0. The van der Waals surface area contributed by atoms with E-state index in [4.69, 9.17) is 0 Å². The Morgan fingerprint density at radius 2 is 1.80 bits per heavy atom. The molecule has 0 saturated heterocycles. The predicted octanol–water partition coefficient (Wildman–Crippen LogP) is 3.00. The molecule has 0 aromatic heterocycles. The summed E-state index contributed by atoms with van der Waals surface area (Å²) in [5.74, 6) is -0.918. The molecule has 10 nitrogen and oxygen atoms in total. The van der Waals surface area contributed by atoms with E-state index in [9.17, 15) is 28.1 Å². The van der Waals surface area contributed by atoms with Crippen molar-refractivity contribution in [1.82, 2.24) is 10.2 Å². The zero-order chi connectivity index (χ0) is 26.2. The molecule has 0 spiro atoms. The van der Waals surface area contributed by atoms with Gasteiger partial charge in [-0.25, -0.2) is 8.42 Å². The van der Waals surface area contributed by atoms with E-state index in [1.807, 2.05) is 38.1 Å². The molecule has 2 aromatic carbocycles. The third-order valence-corrected chi connectivity index (χ3v) is 6.52. The number of non-ortho nitro benzene ring substituents is 1. The number of hydrogen-bond donors (Lipinski definition) is 1. The molecule has 0 aliphatic heterocycles. The minimum atomic E-state index is -3.97. The van der Waals surface area contributed by atoms with Crippen LogP contribution < -0.4 is 9.62 Å². The molecule has 0 saturated carbocycles. The molecule has 35 heavy (non-hydrogen) atoms. The zero-order valence-corrected chi connectivity index (χ0v) is 21.2. The molecule has 11 heteroatoms. The maximum absolute atomic E-state index is 13.6. The van der Waals surface area contributed by atoms with E-state index in [1.165, 1.54) is 23.1 Å². The van der Waals surface area contributed by atoms with Gasteiger partial charge in [0.2, 0.25) is 21.8 Å². The summed E-state index contributed by atoms with van der Waals surface area (Å²) in [7, 11) is -3.97.